The first-order valence-corrected chi connectivity index (χ1v) is 8.66. The molecule has 0 radical (unpaired) electrons. The summed E-state index contributed by atoms with van der Waals surface area (Å²) in [6, 6.07) is 9.25. The van der Waals surface area contributed by atoms with Crippen molar-refractivity contribution in [2.75, 3.05) is 26.2 Å². The van der Waals surface area contributed by atoms with E-state index in [0.717, 1.165) is 32.7 Å². The summed E-state index contributed by atoms with van der Waals surface area (Å²) >= 11 is 0. The molecular weight excluding hydrogens is 274 g/mol. The summed E-state index contributed by atoms with van der Waals surface area (Å²) in [4.78, 5) is 15.3. The molecule has 1 amide bonds. The summed E-state index contributed by atoms with van der Waals surface area (Å²) in [5.41, 5.74) is 2.85. The van der Waals surface area contributed by atoms with Crippen LogP contribution in [-0.4, -0.2) is 44.2 Å². The van der Waals surface area contributed by atoms with Crippen molar-refractivity contribution >= 4 is 5.91 Å². The van der Waals surface area contributed by atoms with Crippen molar-refractivity contribution in [3.05, 3.63) is 35.4 Å². The minimum absolute atomic E-state index is 0.0978. The first-order chi connectivity index (χ1) is 10.6. The summed E-state index contributed by atoms with van der Waals surface area (Å²) in [7, 11) is 0. The van der Waals surface area contributed by atoms with E-state index in [1.165, 1.54) is 28.9 Å². The Morgan fingerprint density at radius 1 is 1.23 bits per heavy atom. The molecule has 0 spiro atoms. The zero-order valence-electron chi connectivity index (χ0n) is 13.8. The number of amides is 1. The fraction of sp³-hybridized carbons (Fsp3) is 0.611. The number of aryl methyl sites for hydroxylation is 1. The molecule has 0 unspecified atom stereocenters. The summed E-state index contributed by atoms with van der Waals surface area (Å²) in [6.45, 7) is 9.90. The zero-order chi connectivity index (χ0) is 15.5. The smallest absolute Gasteiger partial charge is 0.278 e. The lowest BCUT2D eigenvalue weighted by molar-refractivity contribution is -1.02. The Balaban J connectivity index is 1.47. The Hall–Kier alpha value is -1.39. The number of nitrogens with one attached hydrogen (secondary N) is 3. The van der Waals surface area contributed by atoms with Crippen LogP contribution < -0.4 is 15.1 Å². The van der Waals surface area contributed by atoms with Crippen LogP contribution in [0.4, 0.5) is 0 Å². The van der Waals surface area contributed by atoms with Gasteiger partial charge in [0.25, 0.3) is 5.91 Å². The molecule has 2 fully saturated rings. The van der Waals surface area contributed by atoms with Gasteiger partial charge in [-0.1, -0.05) is 24.3 Å². The maximum Gasteiger partial charge on any atom is 0.278 e. The molecule has 1 saturated heterocycles. The van der Waals surface area contributed by atoms with Gasteiger partial charge in [-0.3, -0.25) is 4.79 Å². The van der Waals surface area contributed by atoms with Crippen LogP contribution in [0.2, 0.25) is 0 Å². The number of carbonyl (C=O) groups excluding carboxylic acids is 1. The second-order valence-electron chi connectivity index (χ2n) is 7.02. The van der Waals surface area contributed by atoms with Gasteiger partial charge in [0.2, 0.25) is 0 Å². The predicted octanol–water partition coefficient (Wildman–Crippen LogP) is -1.05. The van der Waals surface area contributed by atoms with E-state index in [0.29, 0.717) is 6.04 Å². The fourth-order valence-electron chi connectivity index (χ4n) is 3.35. The SMILES string of the molecule is Cc1ccccc1C[NH+]1CC[NH+]([C@@H](C)C(=O)NC2CC2)CC1. The molecule has 120 valence electrons. The molecule has 1 aliphatic heterocycles. The highest BCUT2D eigenvalue weighted by molar-refractivity contribution is 5.80. The molecule has 1 atom stereocenters. The van der Waals surface area contributed by atoms with Crippen LogP contribution in [-0.2, 0) is 11.3 Å². The van der Waals surface area contributed by atoms with E-state index < -0.39 is 0 Å². The van der Waals surface area contributed by atoms with E-state index in [-0.39, 0.29) is 11.9 Å². The molecule has 1 heterocycles. The number of benzene rings is 1. The first-order valence-electron chi connectivity index (χ1n) is 8.66. The zero-order valence-corrected chi connectivity index (χ0v) is 13.8. The molecular formula is C18H29N3O+2. The third kappa shape index (κ3) is 3.87. The molecule has 1 aliphatic carbocycles. The quantitative estimate of drug-likeness (QED) is 0.638. The number of piperazine rings is 1. The Morgan fingerprint density at radius 3 is 2.55 bits per heavy atom. The molecule has 2 aliphatic rings. The third-order valence-electron chi connectivity index (χ3n) is 5.23. The predicted molar refractivity (Wildman–Crippen MR) is 86.9 cm³/mol. The fourth-order valence-corrected chi connectivity index (χ4v) is 3.35. The summed E-state index contributed by atoms with van der Waals surface area (Å²) in [6.07, 6.45) is 2.34. The van der Waals surface area contributed by atoms with Crippen molar-refractivity contribution in [3.8, 4) is 0 Å². The number of hydrogen-bond donors (Lipinski definition) is 3. The van der Waals surface area contributed by atoms with Crippen LogP contribution in [0.3, 0.4) is 0 Å². The number of carbonyl (C=O) groups is 1. The summed E-state index contributed by atoms with van der Waals surface area (Å²) < 4.78 is 0. The van der Waals surface area contributed by atoms with Crippen molar-refractivity contribution in [3.63, 3.8) is 0 Å². The van der Waals surface area contributed by atoms with Crippen LogP contribution >= 0.6 is 0 Å². The molecule has 4 heteroatoms. The summed E-state index contributed by atoms with van der Waals surface area (Å²) in [5, 5.41) is 3.14. The average molecular weight is 303 g/mol. The van der Waals surface area contributed by atoms with Gasteiger partial charge in [-0.2, -0.15) is 0 Å². The van der Waals surface area contributed by atoms with E-state index in [4.69, 9.17) is 0 Å². The minimum atomic E-state index is 0.0978. The monoisotopic (exact) mass is 303 g/mol. The van der Waals surface area contributed by atoms with E-state index in [2.05, 4.69) is 43.4 Å². The molecule has 0 bridgehead atoms. The molecule has 1 saturated carbocycles. The van der Waals surface area contributed by atoms with E-state index in [1.807, 2.05) is 0 Å². The van der Waals surface area contributed by atoms with Gasteiger partial charge in [0.15, 0.2) is 6.04 Å². The Kier molecular flexibility index (Phi) is 4.79. The molecule has 3 rings (SSSR count). The first kappa shape index (κ1) is 15.5. The van der Waals surface area contributed by atoms with E-state index >= 15 is 0 Å². The van der Waals surface area contributed by atoms with Gasteiger partial charge in [-0.25, -0.2) is 0 Å². The second-order valence-corrected chi connectivity index (χ2v) is 7.02. The topological polar surface area (TPSA) is 38.0 Å². The largest absolute Gasteiger partial charge is 0.348 e. The van der Waals surface area contributed by atoms with Gasteiger partial charge in [0, 0.05) is 11.6 Å². The molecule has 22 heavy (non-hydrogen) atoms. The van der Waals surface area contributed by atoms with Crippen LogP contribution in [0.15, 0.2) is 24.3 Å². The van der Waals surface area contributed by atoms with Crippen molar-refractivity contribution in [1.82, 2.24) is 5.32 Å². The van der Waals surface area contributed by atoms with Gasteiger partial charge >= 0.3 is 0 Å². The Bertz CT molecular complexity index is 519. The van der Waals surface area contributed by atoms with E-state index in [9.17, 15) is 4.79 Å². The number of hydrogen-bond acceptors (Lipinski definition) is 1. The maximum atomic E-state index is 12.2. The average Bonchev–Trinajstić information content (AvgIpc) is 3.33. The number of rotatable bonds is 5. The summed E-state index contributed by atoms with van der Waals surface area (Å²) in [5.74, 6) is 0.250. The second kappa shape index (κ2) is 6.80. The van der Waals surface area contributed by atoms with Gasteiger partial charge in [-0.15, -0.1) is 0 Å². The Morgan fingerprint density at radius 2 is 1.91 bits per heavy atom. The standard InChI is InChI=1S/C18H27N3O/c1-14-5-3-4-6-16(14)13-20-9-11-21(12-10-20)15(2)18(22)19-17-7-8-17/h3-6,15,17H,7-13H2,1-2H3,(H,19,22)/p+2/t15-/m0/s1. The molecule has 3 N–H and O–H groups in total. The van der Waals surface area contributed by atoms with Gasteiger partial charge in [0.05, 0.1) is 0 Å². The van der Waals surface area contributed by atoms with E-state index in [1.54, 1.807) is 4.90 Å². The van der Waals surface area contributed by atoms with Crippen LogP contribution in [0.5, 0.6) is 0 Å². The van der Waals surface area contributed by atoms with Crippen LogP contribution in [0.25, 0.3) is 0 Å². The highest BCUT2D eigenvalue weighted by Crippen LogP contribution is 2.18. The lowest BCUT2D eigenvalue weighted by Gasteiger charge is -2.32. The highest BCUT2D eigenvalue weighted by atomic mass is 16.2. The lowest BCUT2D eigenvalue weighted by atomic mass is 10.1. The highest BCUT2D eigenvalue weighted by Gasteiger charge is 2.33. The van der Waals surface area contributed by atoms with Crippen molar-refractivity contribution < 1.29 is 14.6 Å². The van der Waals surface area contributed by atoms with Crippen molar-refractivity contribution in [2.45, 2.75) is 45.3 Å². The number of quaternary nitrogens is 2. The lowest BCUT2D eigenvalue weighted by Crippen LogP contribution is -3.29. The minimum Gasteiger partial charge on any atom is -0.348 e. The normalized spacial score (nSPS) is 26.5. The Labute approximate surface area is 133 Å². The van der Waals surface area contributed by atoms with Crippen molar-refractivity contribution in [1.29, 1.82) is 0 Å². The van der Waals surface area contributed by atoms with Crippen molar-refractivity contribution in [2.24, 2.45) is 0 Å². The molecule has 1 aromatic rings. The third-order valence-corrected chi connectivity index (χ3v) is 5.23. The van der Waals surface area contributed by atoms with Gasteiger partial charge in [0.1, 0.15) is 32.7 Å². The van der Waals surface area contributed by atoms with Gasteiger partial charge < -0.3 is 15.1 Å². The molecule has 1 aromatic carbocycles. The van der Waals surface area contributed by atoms with Crippen LogP contribution in [0, 0.1) is 6.92 Å². The maximum absolute atomic E-state index is 12.2. The molecule has 0 aromatic heterocycles. The van der Waals surface area contributed by atoms with Crippen LogP contribution in [0.1, 0.15) is 30.9 Å². The molecule has 4 nitrogen and oxygen atoms in total. The van der Waals surface area contributed by atoms with Gasteiger partial charge in [-0.05, 0) is 32.3 Å².